The van der Waals surface area contributed by atoms with Crippen LogP contribution in [0.1, 0.15) is 149 Å². The van der Waals surface area contributed by atoms with Crippen molar-refractivity contribution < 1.29 is 38.2 Å². The molecule has 0 aromatic rings. The van der Waals surface area contributed by atoms with Crippen molar-refractivity contribution in [2.24, 2.45) is 0 Å². The van der Waals surface area contributed by atoms with Crippen LogP contribution in [-0.4, -0.2) is 80.6 Å². The number of likely N-dealkylation sites (N-methyl/N-ethyl adjacent to an activating group) is 1. The summed E-state index contributed by atoms with van der Waals surface area (Å²) in [5.41, 5.74) is 0. The number of esters is 2. The summed E-state index contributed by atoms with van der Waals surface area (Å²) in [7, 11) is 5.50. The van der Waals surface area contributed by atoms with Crippen molar-refractivity contribution in [3.05, 3.63) is 122 Å². The minimum absolute atomic E-state index is 0.0328. The van der Waals surface area contributed by atoms with E-state index in [0.717, 1.165) is 109 Å². The largest absolute Gasteiger partial charge is 0.477 e. The molecule has 0 bridgehead atoms. The van der Waals surface area contributed by atoms with Gasteiger partial charge >= 0.3 is 17.9 Å². The van der Waals surface area contributed by atoms with Gasteiger partial charge in [0.05, 0.1) is 34.4 Å². The van der Waals surface area contributed by atoms with Gasteiger partial charge in [0.15, 0.2) is 12.1 Å². The van der Waals surface area contributed by atoms with E-state index >= 15 is 0 Å². The van der Waals surface area contributed by atoms with Gasteiger partial charge in [-0.25, -0.2) is 4.79 Å². The maximum absolute atomic E-state index is 12.8. The smallest absolute Gasteiger partial charge is 0.362 e. The maximum atomic E-state index is 12.8. The Morgan fingerprint density at radius 1 is 0.516 bits per heavy atom. The Balaban J connectivity index is 4.45. The number of nitrogens with zero attached hydrogens (tertiary/aromatic N) is 1. The Morgan fingerprint density at radius 2 is 0.968 bits per heavy atom. The first-order valence-electron chi connectivity index (χ1n) is 23.6. The summed E-state index contributed by atoms with van der Waals surface area (Å²) >= 11 is 0. The monoisotopic (exact) mass is 861 g/mol. The van der Waals surface area contributed by atoms with Crippen LogP contribution in [0.3, 0.4) is 0 Å². The lowest BCUT2D eigenvalue weighted by molar-refractivity contribution is -0.887. The van der Waals surface area contributed by atoms with Gasteiger partial charge in [0.1, 0.15) is 6.61 Å². The lowest BCUT2D eigenvalue weighted by Crippen LogP contribution is -2.50. The van der Waals surface area contributed by atoms with Gasteiger partial charge in [0.2, 0.25) is 0 Å². The highest BCUT2D eigenvalue weighted by molar-refractivity contribution is 5.72. The number of carboxylic acids is 1. The van der Waals surface area contributed by atoms with E-state index in [1.54, 1.807) is 0 Å². The molecule has 348 valence electrons. The third kappa shape index (κ3) is 41.1. The predicted molar refractivity (Wildman–Crippen MR) is 261 cm³/mol. The summed E-state index contributed by atoms with van der Waals surface area (Å²) in [6.07, 6.45) is 60.9. The number of rotatable bonds is 40. The van der Waals surface area contributed by atoms with E-state index < -0.39 is 18.1 Å². The fourth-order valence-electron chi connectivity index (χ4n) is 6.09. The first kappa shape index (κ1) is 57.7. The number of carbonyl (C=O) groups excluding carboxylic acids is 2. The maximum Gasteiger partial charge on any atom is 0.362 e. The standard InChI is InChI=1S/C54H85NO7/c1-6-8-10-12-14-16-18-20-22-24-26-27-29-31-33-35-37-39-41-43-45-53(57)62-50(48-60-47-46-51(54(58)59)55(3,4)5)49-61-52(56)44-42-40-38-36-34-32-30-28-25-23-21-19-17-15-13-11-9-7-2/h8,10-11,13-17,19-23,25-28,30-31,33,50-51H,6-7,9,12,18,24,29,32,34-49H2,1-5H3/p+1/b10-8+,13-11+,16-14+,17-15+,21-19+,22-20+,25-23+,27-26+,30-28+,33-31+. The third-order valence-electron chi connectivity index (χ3n) is 9.70. The highest BCUT2D eigenvalue weighted by atomic mass is 16.6. The summed E-state index contributed by atoms with van der Waals surface area (Å²) < 4.78 is 17.3. The zero-order chi connectivity index (χ0) is 45.6. The molecule has 0 rings (SSSR count). The average Bonchev–Trinajstić information content (AvgIpc) is 3.23. The third-order valence-corrected chi connectivity index (χ3v) is 9.70. The lowest BCUT2D eigenvalue weighted by Gasteiger charge is -2.31. The zero-order valence-electron chi connectivity index (χ0n) is 39.5. The molecule has 0 aromatic carbocycles. The number of hydrogen-bond acceptors (Lipinski definition) is 6. The molecule has 1 N–H and O–H groups in total. The highest BCUT2D eigenvalue weighted by Crippen LogP contribution is 2.12. The van der Waals surface area contributed by atoms with Crippen molar-refractivity contribution in [1.82, 2.24) is 0 Å². The minimum Gasteiger partial charge on any atom is -0.477 e. The first-order valence-corrected chi connectivity index (χ1v) is 23.6. The van der Waals surface area contributed by atoms with Gasteiger partial charge in [-0.15, -0.1) is 0 Å². The first-order chi connectivity index (χ1) is 30.1. The summed E-state index contributed by atoms with van der Waals surface area (Å²) in [6, 6.07) is -0.633. The van der Waals surface area contributed by atoms with Crippen molar-refractivity contribution >= 4 is 17.9 Å². The van der Waals surface area contributed by atoms with Crippen LogP contribution in [0.2, 0.25) is 0 Å². The van der Waals surface area contributed by atoms with Gasteiger partial charge in [0, 0.05) is 19.3 Å². The molecular weight excluding hydrogens is 775 g/mol. The molecule has 0 amide bonds. The van der Waals surface area contributed by atoms with E-state index in [0.29, 0.717) is 12.8 Å². The number of hydrogen-bond donors (Lipinski definition) is 1. The second-order valence-electron chi connectivity index (χ2n) is 16.4. The molecule has 0 heterocycles. The van der Waals surface area contributed by atoms with E-state index in [9.17, 15) is 19.5 Å². The van der Waals surface area contributed by atoms with Crippen LogP contribution >= 0.6 is 0 Å². The van der Waals surface area contributed by atoms with Crippen LogP contribution in [0.25, 0.3) is 0 Å². The van der Waals surface area contributed by atoms with Gasteiger partial charge in [-0.05, 0) is 77.0 Å². The van der Waals surface area contributed by atoms with Gasteiger partial charge < -0.3 is 23.8 Å². The molecule has 0 spiro atoms. The SMILES string of the molecule is CC/C=C/C/C=C/C/C=C/C/C=C/C/C=C/CCCCCCC(=O)OC(COCCC(C(=O)O)[N+](C)(C)C)COC(=O)CCCCCCC/C=C/C=C/C=C/C=C/C=C/CCC. The topological polar surface area (TPSA) is 99.1 Å². The fraction of sp³-hybridized carbons (Fsp3) is 0.574. The second kappa shape index (κ2) is 43.4. The van der Waals surface area contributed by atoms with Crippen LogP contribution in [0.4, 0.5) is 0 Å². The predicted octanol–water partition coefficient (Wildman–Crippen LogP) is 13.4. The second-order valence-corrected chi connectivity index (χ2v) is 16.4. The summed E-state index contributed by atoms with van der Waals surface area (Å²) in [5.74, 6) is -1.55. The fourth-order valence-corrected chi connectivity index (χ4v) is 6.09. The lowest BCUT2D eigenvalue weighted by atomic mass is 10.1. The van der Waals surface area contributed by atoms with Crippen molar-refractivity contribution in [1.29, 1.82) is 0 Å². The van der Waals surface area contributed by atoms with Crippen molar-refractivity contribution in [3.8, 4) is 0 Å². The number of unbranched alkanes of at least 4 members (excludes halogenated alkanes) is 10. The highest BCUT2D eigenvalue weighted by Gasteiger charge is 2.31. The Hall–Kier alpha value is -4.27. The van der Waals surface area contributed by atoms with Crippen molar-refractivity contribution in [3.63, 3.8) is 0 Å². The molecule has 8 heteroatoms. The molecule has 62 heavy (non-hydrogen) atoms. The molecule has 0 aliphatic carbocycles. The van der Waals surface area contributed by atoms with E-state index in [1.807, 2.05) is 57.6 Å². The van der Waals surface area contributed by atoms with Gasteiger partial charge in [0.25, 0.3) is 0 Å². The quantitative estimate of drug-likeness (QED) is 0.0215. The van der Waals surface area contributed by atoms with E-state index in [2.05, 4.69) is 98.9 Å². The van der Waals surface area contributed by atoms with Crippen molar-refractivity contribution in [2.45, 2.75) is 161 Å². The molecule has 0 radical (unpaired) electrons. The van der Waals surface area contributed by atoms with E-state index in [1.165, 1.54) is 6.42 Å². The number of quaternary nitrogens is 1. The average molecular weight is 861 g/mol. The number of allylic oxidation sites excluding steroid dienone is 20. The Kier molecular flexibility index (Phi) is 40.4. The molecule has 0 aliphatic heterocycles. The summed E-state index contributed by atoms with van der Waals surface area (Å²) in [6.45, 7) is 4.45. The van der Waals surface area contributed by atoms with Gasteiger partial charge in [-0.3, -0.25) is 9.59 Å². The van der Waals surface area contributed by atoms with Gasteiger partial charge in [-0.2, -0.15) is 0 Å². The number of carbonyl (C=O) groups is 3. The Bertz CT molecular complexity index is 1420. The molecule has 0 saturated heterocycles. The molecular formula is C54H86NO7+. The number of aliphatic carboxylic acids is 1. The normalized spacial score (nSPS) is 14.0. The van der Waals surface area contributed by atoms with Crippen LogP contribution in [0.15, 0.2) is 122 Å². The summed E-state index contributed by atoms with van der Waals surface area (Å²) in [4.78, 5) is 37.1. The summed E-state index contributed by atoms with van der Waals surface area (Å²) in [5, 5.41) is 9.64. The molecule has 2 atom stereocenters. The number of ether oxygens (including phenoxy) is 3. The van der Waals surface area contributed by atoms with Crippen LogP contribution < -0.4 is 0 Å². The van der Waals surface area contributed by atoms with Crippen LogP contribution in [0.5, 0.6) is 0 Å². The zero-order valence-corrected chi connectivity index (χ0v) is 39.5. The molecule has 0 aromatic heterocycles. The molecule has 0 saturated carbocycles. The molecule has 0 fully saturated rings. The van der Waals surface area contributed by atoms with Crippen LogP contribution in [0, 0.1) is 0 Å². The molecule has 2 unspecified atom stereocenters. The number of carboxylic acid groups (broad SMARTS) is 1. The molecule has 0 aliphatic rings. The van der Waals surface area contributed by atoms with Crippen molar-refractivity contribution in [2.75, 3.05) is 41.0 Å². The van der Waals surface area contributed by atoms with Gasteiger partial charge in [-0.1, -0.05) is 174 Å². The van der Waals surface area contributed by atoms with Crippen LogP contribution in [-0.2, 0) is 28.6 Å². The Labute approximate surface area is 378 Å². The molecule has 8 nitrogen and oxygen atoms in total. The minimum atomic E-state index is -0.890. The van der Waals surface area contributed by atoms with E-state index in [4.69, 9.17) is 14.2 Å². The van der Waals surface area contributed by atoms with E-state index in [-0.39, 0.29) is 42.7 Å². The Morgan fingerprint density at radius 3 is 1.48 bits per heavy atom.